The van der Waals surface area contributed by atoms with Gasteiger partial charge in [0.05, 0.1) is 11.6 Å². The highest BCUT2D eigenvalue weighted by molar-refractivity contribution is 5.93. The number of likely N-dealkylation sites (N-methyl/N-ethyl adjacent to an activating group) is 1. The van der Waals surface area contributed by atoms with Crippen molar-refractivity contribution in [3.63, 3.8) is 0 Å². The average molecular weight is 355 g/mol. The fourth-order valence-electron chi connectivity index (χ4n) is 2.32. The number of nitrogens with two attached hydrogens (primary N) is 1. The van der Waals surface area contributed by atoms with E-state index in [1.54, 1.807) is 7.05 Å². The molecule has 1 atom stereocenters. The first-order valence-electron chi connectivity index (χ1n) is 8.02. The van der Waals surface area contributed by atoms with Crippen LogP contribution >= 0.6 is 0 Å². The number of urea groups is 1. The summed E-state index contributed by atoms with van der Waals surface area (Å²) >= 11 is 0. The molecular formula is C19H21N3O4. The van der Waals surface area contributed by atoms with Crippen LogP contribution in [0, 0.1) is 0 Å². The van der Waals surface area contributed by atoms with Crippen molar-refractivity contribution in [1.82, 2.24) is 4.90 Å². The smallest absolute Gasteiger partial charge is 0.338 e. The highest BCUT2D eigenvalue weighted by atomic mass is 16.5. The third-order valence-electron chi connectivity index (χ3n) is 3.97. The van der Waals surface area contributed by atoms with E-state index < -0.39 is 12.0 Å². The molecule has 0 saturated carbocycles. The highest BCUT2D eigenvalue weighted by Crippen LogP contribution is 2.18. The number of ether oxygens (including phenoxy) is 1. The van der Waals surface area contributed by atoms with Crippen molar-refractivity contribution < 1.29 is 19.1 Å². The van der Waals surface area contributed by atoms with Crippen LogP contribution in [0.1, 0.15) is 28.9 Å². The number of carbonyl (C=O) groups is 3. The van der Waals surface area contributed by atoms with Gasteiger partial charge in [-0.2, -0.15) is 0 Å². The standard InChI is InChI=1S/C19H21N3O4/c1-13(14-6-4-3-5-7-14)22(2)17(23)12-26-18(24)15-8-10-16(11-9-15)21-19(20)25/h3-11,13H,12H2,1-2H3,(H3,20,21,25). The molecule has 0 bridgehead atoms. The van der Waals surface area contributed by atoms with Gasteiger partial charge >= 0.3 is 12.0 Å². The van der Waals surface area contributed by atoms with Crippen LogP contribution in [0.3, 0.4) is 0 Å². The summed E-state index contributed by atoms with van der Waals surface area (Å²) in [6.45, 7) is 1.55. The number of nitrogens with zero attached hydrogens (tertiary/aromatic N) is 1. The minimum absolute atomic E-state index is 0.137. The van der Waals surface area contributed by atoms with Gasteiger partial charge in [-0.25, -0.2) is 9.59 Å². The number of carbonyl (C=O) groups excluding carboxylic acids is 3. The van der Waals surface area contributed by atoms with Crippen LogP contribution < -0.4 is 11.1 Å². The molecule has 3 N–H and O–H groups in total. The molecule has 26 heavy (non-hydrogen) atoms. The SMILES string of the molecule is CC(c1ccccc1)N(C)C(=O)COC(=O)c1ccc(NC(N)=O)cc1. The summed E-state index contributed by atoms with van der Waals surface area (Å²) in [4.78, 5) is 36.6. The molecule has 0 aliphatic rings. The van der Waals surface area contributed by atoms with E-state index in [4.69, 9.17) is 10.5 Å². The van der Waals surface area contributed by atoms with E-state index in [0.29, 0.717) is 5.69 Å². The molecule has 2 aromatic rings. The lowest BCUT2D eigenvalue weighted by atomic mass is 10.1. The monoisotopic (exact) mass is 355 g/mol. The quantitative estimate of drug-likeness (QED) is 0.777. The van der Waals surface area contributed by atoms with E-state index in [1.807, 2.05) is 37.3 Å². The van der Waals surface area contributed by atoms with E-state index in [9.17, 15) is 14.4 Å². The first kappa shape index (κ1) is 19.0. The molecule has 0 heterocycles. The second-order valence-electron chi connectivity index (χ2n) is 5.73. The molecular weight excluding hydrogens is 334 g/mol. The van der Waals surface area contributed by atoms with Gasteiger partial charge < -0.3 is 20.7 Å². The maximum Gasteiger partial charge on any atom is 0.338 e. The van der Waals surface area contributed by atoms with E-state index in [0.717, 1.165) is 5.56 Å². The third-order valence-corrected chi connectivity index (χ3v) is 3.97. The molecule has 0 fully saturated rings. The molecule has 2 rings (SSSR count). The summed E-state index contributed by atoms with van der Waals surface area (Å²) < 4.78 is 5.08. The molecule has 1 unspecified atom stereocenters. The minimum Gasteiger partial charge on any atom is -0.452 e. The predicted molar refractivity (Wildman–Crippen MR) is 97.6 cm³/mol. The van der Waals surface area contributed by atoms with Crippen molar-refractivity contribution in [1.29, 1.82) is 0 Å². The molecule has 7 heteroatoms. The number of nitrogens with one attached hydrogen (secondary N) is 1. The van der Waals surface area contributed by atoms with Gasteiger partial charge in [0.15, 0.2) is 6.61 Å². The number of anilines is 1. The zero-order chi connectivity index (χ0) is 19.1. The largest absolute Gasteiger partial charge is 0.452 e. The number of amides is 3. The second kappa shape index (κ2) is 8.66. The average Bonchev–Trinajstić information content (AvgIpc) is 2.65. The lowest BCUT2D eigenvalue weighted by Crippen LogP contribution is -2.33. The van der Waals surface area contributed by atoms with Crippen LogP contribution in [0.4, 0.5) is 10.5 Å². The summed E-state index contributed by atoms with van der Waals surface area (Å²) in [7, 11) is 1.66. The van der Waals surface area contributed by atoms with Crippen LogP contribution in [0.2, 0.25) is 0 Å². The molecule has 2 aromatic carbocycles. The predicted octanol–water partition coefficient (Wildman–Crippen LogP) is 2.55. The van der Waals surface area contributed by atoms with Crippen LogP contribution in [0.25, 0.3) is 0 Å². The Kier molecular flexibility index (Phi) is 6.32. The summed E-state index contributed by atoms with van der Waals surface area (Å²) in [6, 6.07) is 14.8. The number of hydrogen-bond acceptors (Lipinski definition) is 4. The molecule has 0 aliphatic heterocycles. The van der Waals surface area contributed by atoms with Crippen molar-refractivity contribution >= 4 is 23.6 Å². The highest BCUT2D eigenvalue weighted by Gasteiger charge is 2.19. The van der Waals surface area contributed by atoms with Crippen LogP contribution in [0.15, 0.2) is 54.6 Å². The van der Waals surface area contributed by atoms with Crippen molar-refractivity contribution in [2.75, 3.05) is 19.0 Å². The topological polar surface area (TPSA) is 102 Å². The maximum absolute atomic E-state index is 12.3. The first-order chi connectivity index (χ1) is 12.4. The third kappa shape index (κ3) is 5.07. The minimum atomic E-state index is -0.693. The normalized spacial score (nSPS) is 11.3. The Morgan fingerprint density at radius 2 is 1.69 bits per heavy atom. The Morgan fingerprint density at radius 1 is 1.08 bits per heavy atom. The number of rotatable bonds is 6. The first-order valence-corrected chi connectivity index (χ1v) is 8.02. The van der Waals surface area contributed by atoms with Gasteiger partial charge in [-0.05, 0) is 36.8 Å². The van der Waals surface area contributed by atoms with Gasteiger partial charge in [-0.3, -0.25) is 4.79 Å². The van der Waals surface area contributed by atoms with Crippen LogP contribution in [0.5, 0.6) is 0 Å². The van der Waals surface area contributed by atoms with Gasteiger partial charge in [0.25, 0.3) is 5.91 Å². The number of hydrogen-bond donors (Lipinski definition) is 2. The van der Waals surface area contributed by atoms with E-state index in [2.05, 4.69) is 5.32 Å². The maximum atomic E-state index is 12.3. The fraction of sp³-hybridized carbons (Fsp3) is 0.211. The molecule has 0 radical (unpaired) electrons. The number of esters is 1. The molecule has 0 aromatic heterocycles. The van der Waals surface area contributed by atoms with E-state index >= 15 is 0 Å². The Balaban J connectivity index is 1.89. The molecule has 7 nitrogen and oxygen atoms in total. The summed E-state index contributed by atoms with van der Waals surface area (Å²) in [5, 5.41) is 2.39. The van der Waals surface area contributed by atoms with Crippen molar-refractivity contribution in [3.05, 3.63) is 65.7 Å². The van der Waals surface area contributed by atoms with Gasteiger partial charge in [0, 0.05) is 12.7 Å². The Hall–Kier alpha value is -3.35. The Labute approximate surface area is 151 Å². The van der Waals surface area contributed by atoms with E-state index in [-0.39, 0.29) is 24.1 Å². The zero-order valence-corrected chi connectivity index (χ0v) is 14.6. The summed E-state index contributed by atoms with van der Waals surface area (Å²) in [6.07, 6.45) is 0. The zero-order valence-electron chi connectivity index (χ0n) is 14.6. The van der Waals surface area contributed by atoms with Gasteiger partial charge in [-0.15, -0.1) is 0 Å². The van der Waals surface area contributed by atoms with Crippen molar-refractivity contribution in [2.45, 2.75) is 13.0 Å². The fourth-order valence-corrected chi connectivity index (χ4v) is 2.32. The number of primary amides is 1. The number of benzene rings is 2. The lowest BCUT2D eigenvalue weighted by molar-refractivity contribution is -0.135. The van der Waals surface area contributed by atoms with Crippen LogP contribution in [-0.4, -0.2) is 36.5 Å². The Morgan fingerprint density at radius 3 is 2.27 bits per heavy atom. The Bertz CT molecular complexity index is 775. The van der Waals surface area contributed by atoms with Gasteiger partial charge in [0.1, 0.15) is 0 Å². The van der Waals surface area contributed by atoms with E-state index in [1.165, 1.54) is 29.2 Å². The van der Waals surface area contributed by atoms with Gasteiger partial charge in [-0.1, -0.05) is 30.3 Å². The van der Waals surface area contributed by atoms with Crippen LogP contribution in [-0.2, 0) is 9.53 Å². The molecule has 0 saturated heterocycles. The molecule has 0 spiro atoms. The molecule has 3 amide bonds. The second-order valence-corrected chi connectivity index (χ2v) is 5.73. The summed E-state index contributed by atoms with van der Waals surface area (Å²) in [5.74, 6) is -0.925. The van der Waals surface area contributed by atoms with Crippen molar-refractivity contribution in [3.8, 4) is 0 Å². The van der Waals surface area contributed by atoms with Crippen molar-refractivity contribution in [2.24, 2.45) is 5.73 Å². The molecule has 136 valence electrons. The summed E-state index contributed by atoms with van der Waals surface area (Å²) in [5.41, 5.74) is 6.74. The molecule has 0 aliphatic carbocycles. The van der Waals surface area contributed by atoms with Gasteiger partial charge in [0.2, 0.25) is 0 Å². The lowest BCUT2D eigenvalue weighted by Gasteiger charge is -2.25.